The lowest BCUT2D eigenvalue weighted by Gasteiger charge is -2.57. The van der Waals surface area contributed by atoms with E-state index in [1.54, 1.807) is 0 Å². The molecule has 2 aromatic rings. The Hall–Kier alpha value is -2.13. The van der Waals surface area contributed by atoms with Gasteiger partial charge in [0.25, 0.3) is 0 Å². The highest BCUT2D eigenvalue weighted by atomic mass is 16.5. The van der Waals surface area contributed by atoms with Crippen LogP contribution in [-0.2, 0) is 26.8 Å². The Kier molecular flexibility index (Phi) is 2.45. The number of carboxylic acids is 1. The molecule has 0 radical (unpaired) electrons. The van der Waals surface area contributed by atoms with Crippen LogP contribution in [0.25, 0.3) is 0 Å². The van der Waals surface area contributed by atoms with E-state index >= 15 is 0 Å². The normalized spacial score (nSPS) is 33.5. The highest BCUT2D eigenvalue weighted by Gasteiger charge is 2.74. The van der Waals surface area contributed by atoms with Crippen molar-refractivity contribution in [3.8, 4) is 0 Å². The lowest BCUT2D eigenvalue weighted by molar-refractivity contribution is -0.149. The summed E-state index contributed by atoms with van der Waals surface area (Å²) in [6.07, 6.45) is 1.52. The van der Waals surface area contributed by atoms with Crippen LogP contribution in [0.2, 0.25) is 0 Å². The molecule has 1 N–H and O–H groups in total. The van der Waals surface area contributed by atoms with E-state index in [1.807, 2.05) is 30.3 Å². The van der Waals surface area contributed by atoms with Crippen LogP contribution in [0, 0.1) is 5.92 Å². The van der Waals surface area contributed by atoms with E-state index in [9.17, 15) is 9.90 Å². The van der Waals surface area contributed by atoms with Gasteiger partial charge in [0.15, 0.2) is 0 Å². The van der Waals surface area contributed by atoms with Crippen molar-refractivity contribution in [3.05, 3.63) is 70.8 Å². The Morgan fingerprint density at radius 3 is 2.43 bits per heavy atom. The third-order valence-electron chi connectivity index (χ3n) is 6.29. The van der Waals surface area contributed by atoms with Gasteiger partial charge in [-0.05, 0) is 41.0 Å². The zero-order chi connectivity index (χ0) is 15.7. The first-order valence-corrected chi connectivity index (χ1v) is 8.22. The van der Waals surface area contributed by atoms with E-state index in [-0.39, 0.29) is 5.92 Å². The summed E-state index contributed by atoms with van der Waals surface area (Å²) in [5, 5.41) is 10.3. The maximum absolute atomic E-state index is 12.5. The molecule has 3 nitrogen and oxygen atoms in total. The van der Waals surface area contributed by atoms with Crippen molar-refractivity contribution in [3.63, 3.8) is 0 Å². The van der Waals surface area contributed by atoms with Crippen LogP contribution in [0.1, 0.15) is 28.7 Å². The molecule has 0 amide bonds. The first-order valence-electron chi connectivity index (χ1n) is 8.22. The van der Waals surface area contributed by atoms with Crippen molar-refractivity contribution in [1.29, 1.82) is 0 Å². The van der Waals surface area contributed by atoms with Crippen molar-refractivity contribution in [2.45, 2.75) is 23.7 Å². The smallest absolute Gasteiger partial charge is 0.315 e. The molecule has 116 valence electrons. The van der Waals surface area contributed by atoms with Gasteiger partial charge in [-0.1, -0.05) is 48.5 Å². The number of aliphatic carboxylic acids is 1. The summed E-state index contributed by atoms with van der Waals surface area (Å²) in [5.41, 5.74) is 3.32. The van der Waals surface area contributed by atoms with Gasteiger partial charge >= 0.3 is 5.97 Å². The van der Waals surface area contributed by atoms with Crippen molar-refractivity contribution in [1.82, 2.24) is 0 Å². The summed E-state index contributed by atoms with van der Waals surface area (Å²) in [6.45, 7) is 1.38. The number of rotatable bonds is 2. The maximum Gasteiger partial charge on any atom is 0.315 e. The molecule has 0 spiro atoms. The second kappa shape index (κ2) is 4.24. The van der Waals surface area contributed by atoms with Crippen LogP contribution in [0.5, 0.6) is 0 Å². The molecule has 0 aromatic heterocycles. The molecule has 3 heteroatoms. The highest BCUT2D eigenvalue weighted by molar-refractivity contribution is 5.94. The largest absolute Gasteiger partial charge is 0.481 e. The Morgan fingerprint density at radius 1 is 1.04 bits per heavy atom. The van der Waals surface area contributed by atoms with Crippen molar-refractivity contribution in [2.75, 3.05) is 13.2 Å². The van der Waals surface area contributed by atoms with Crippen LogP contribution in [0.4, 0.5) is 0 Å². The van der Waals surface area contributed by atoms with Crippen LogP contribution in [-0.4, -0.2) is 24.3 Å². The fourth-order valence-electron chi connectivity index (χ4n) is 5.56. The Labute approximate surface area is 134 Å². The molecule has 3 unspecified atom stereocenters. The van der Waals surface area contributed by atoms with E-state index in [2.05, 4.69) is 18.2 Å². The van der Waals surface area contributed by atoms with Crippen molar-refractivity contribution in [2.24, 2.45) is 5.92 Å². The molecule has 3 atom stereocenters. The number of hydrogen-bond acceptors (Lipinski definition) is 2. The Bertz CT molecular complexity index is 821. The first kappa shape index (κ1) is 13.3. The molecule has 0 saturated carbocycles. The maximum atomic E-state index is 12.5. The predicted octanol–water partition coefficient (Wildman–Crippen LogP) is 2.90. The zero-order valence-electron chi connectivity index (χ0n) is 12.8. The molecule has 23 heavy (non-hydrogen) atoms. The van der Waals surface area contributed by atoms with Gasteiger partial charge in [-0.2, -0.15) is 0 Å². The number of carboxylic acid groups (broad SMARTS) is 1. The molecule has 0 bridgehead atoms. The molecule has 2 aromatic carbocycles. The molecule has 5 rings (SSSR count). The van der Waals surface area contributed by atoms with Crippen LogP contribution >= 0.6 is 0 Å². The van der Waals surface area contributed by atoms with Gasteiger partial charge in [-0.25, -0.2) is 0 Å². The van der Waals surface area contributed by atoms with E-state index < -0.39 is 16.8 Å². The van der Waals surface area contributed by atoms with Crippen LogP contribution in [0.15, 0.2) is 48.5 Å². The second-order valence-electron chi connectivity index (χ2n) is 6.96. The lowest BCUT2D eigenvalue weighted by Crippen LogP contribution is -2.64. The number of ether oxygens (including phenoxy) is 1. The zero-order valence-corrected chi connectivity index (χ0v) is 12.8. The van der Waals surface area contributed by atoms with Gasteiger partial charge in [-0.3, -0.25) is 4.79 Å². The molecule has 2 aliphatic carbocycles. The minimum atomic E-state index is -0.828. The standard InChI is InChI=1S/C20H18O3/c21-18(22)19-11-13-5-1-2-6-15(13)20(19,14-9-10-23-12-14)17-8-4-3-7-16(17)19/h1-8,14H,9-12H2,(H,21,22). The summed E-state index contributed by atoms with van der Waals surface area (Å²) < 4.78 is 5.68. The third kappa shape index (κ3) is 1.26. The summed E-state index contributed by atoms with van der Waals surface area (Å²) >= 11 is 0. The number of carbonyl (C=O) groups is 1. The molecule has 1 saturated heterocycles. The van der Waals surface area contributed by atoms with Crippen molar-refractivity contribution >= 4 is 5.97 Å². The Morgan fingerprint density at radius 2 is 1.74 bits per heavy atom. The topological polar surface area (TPSA) is 46.5 Å². The fourth-order valence-corrected chi connectivity index (χ4v) is 5.56. The predicted molar refractivity (Wildman–Crippen MR) is 85.6 cm³/mol. The monoisotopic (exact) mass is 306 g/mol. The highest BCUT2D eigenvalue weighted by Crippen LogP contribution is 2.69. The summed E-state index contributed by atoms with van der Waals surface area (Å²) in [6, 6.07) is 16.4. The average Bonchev–Trinajstić information content (AvgIpc) is 3.16. The van der Waals surface area contributed by atoms with Gasteiger partial charge in [0, 0.05) is 12.0 Å². The Balaban J connectivity index is 1.88. The van der Waals surface area contributed by atoms with Crippen LogP contribution in [0.3, 0.4) is 0 Å². The van der Waals surface area contributed by atoms with Gasteiger partial charge < -0.3 is 9.84 Å². The van der Waals surface area contributed by atoms with Gasteiger partial charge in [-0.15, -0.1) is 0 Å². The van der Waals surface area contributed by atoms with E-state index in [0.717, 1.165) is 18.6 Å². The first-order chi connectivity index (χ1) is 11.2. The van der Waals surface area contributed by atoms with Crippen LogP contribution < -0.4 is 0 Å². The van der Waals surface area contributed by atoms with E-state index in [4.69, 9.17) is 4.74 Å². The lowest BCUT2D eigenvalue weighted by atomic mass is 9.42. The number of hydrogen-bond donors (Lipinski definition) is 1. The molecule has 1 heterocycles. The third-order valence-corrected chi connectivity index (χ3v) is 6.29. The number of fused-ring (bicyclic) bond motifs is 6. The fraction of sp³-hybridized carbons (Fsp3) is 0.350. The summed E-state index contributed by atoms with van der Waals surface area (Å²) in [7, 11) is 0. The molecule has 1 aliphatic heterocycles. The molecular weight excluding hydrogens is 288 g/mol. The quantitative estimate of drug-likeness (QED) is 0.928. The average molecular weight is 306 g/mol. The van der Waals surface area contributed by atoms with Crippen molar-refractivity contribution < 1.29 is 14.6 Å². The van der Waals surface area contributed by atoms with Gasteiger partial charge in [0.2, 0.25) is 0 Å². The van der Waals surface area contributed by atoms with Gasteiger partial charge in [0.05, 0.1) is 6.61 Å². The van der Waals surface area contributed by atoms with E-state index in [1.165, 1.54) is 16.7 Å². The minimum Gasteiger partial charge on any atom is -0.481 e. The SMILES string of the molecule is O=C(O)C12Cc3ccccc3C1(C1CCOC1)c1ccccc12. The van der Waals surface area contributed by atoms with Gasteiger partial charge in [0.1, 0.15) is 5.41 Å². The second-order valence-corrected chi connectivity index (χ2v) is 6.96. The summed E-state index contributed by atoms with van der Waals surface area (Å²) in [4.78, 5) is 12.5. The van der Waals surface area contributed by atoms with E-state index in [0.29, 0.717) is 13.0 Å². The molecular formula is C20H18O3. The number of benzene rings is 2. The summed E-state index contributed by atoms with van der Waals surface area (Å²) in [5.74, 6) is -0.462. The minimum absolute atomic E-state index is 0.233. The molecule has 3 aliphatic rings. The molecule has 1 fully saturated rings.